The van der Waals surface area contributed by atoms with Gasteiger partial charge in [-0.05, 0) is 44.5 Å². The molecule has 0 heterocycles. The van der Waals surface area contributed by atoms with Crippen LogP contribution in [0.5, 0.6) is 5.75 Å². The van der Waals surface area contributed by atoms with Crippen LogP contribution >= 0.6 is 15.9 Å². The molecular formula is C18H22BrNO. The van der Waals surface area contributed by atoms with Crippen LogP contribution in [0.1, 0.15) is 37.9 Å². The maximum absolute atomic E-state index is 5.89. The molecule has 112 valence electrons. The van der Waals surface area contributed by atoms with Crippen LogP contribution in [0, 0.1) is 0 Å². The van der Waals surface area contributed by atoms with E-state index in [-0.39, 0.29) is 12.1 Å². The Labute approximate surface area is 135 Å². The quantitative estimate of drug-likeness (QED) is 0.785. The van der Waals surface area contributed by atoms with Gasteiger partial charge in [0.1, 0.15) is 5.75 Å². The number of hydrogen-bond acceptors (Lipinski definition) is 2. The summed E-state index contributed by atoms with van der Waals surface area (Å²) in [5.74, 6) is 0.961. The molecule has 0 saturated carbocycles. The second-order valence-corrected chi connectivity index (χ2v) is 6.35. The van der Waals surface area contributed by atoms with Crippen molar-refractivity contribution in [3.8, 4) is 5.75 Å². The zero-order chi connectivity index (χ0) is 15.2. The summed E-state index contributed by atoms with van der Waals surface area (Å²) in [4.78, 5) is 0. The molecule has 2 aromatic carbocycles. The molecule has 3 heteroatoms. The van der Waals surface area contributed by atoms with Crippen molar-refractivity contribution in [3.05, 3.63) is 64.1 Å². The third-order valence-corrected chi connectivity index (χ3v) is 3.80. The summed E-state index contributed by atoms with van der Waals surface area (Å²) in [7, 11) is 0. The van der Waals surface area contributed by atoms with Crippen LogP contribution in [0.3, 0.4) is 0 Å². The van der Waals surface area contributed by atoms with Crippen LogP contribution in [0.25, 0.3) is 0 Å². The Balaban J connectivity index is 2.03. The average molecular weight is 348 g/mol. The highest BCUT2D eigenvalue weighted by Crippen LogP contribution is 2.26. The van der Waals surface area contributed by atoms with Gasteiger partial charge >= 0.3 is 0 Å². The minimum atomic E-state index is 0.185. The number of rotatable bonds is 6. The molecule has 1 unspecified atom stereocenters. The van der Waals surface area contributed by atoms with Crippen LogP contribution in [0.15, 0.2) is 53.0 Å². The van der Waals surface area contributed by atoms with Gasteiger partial charge in [-0.3, -0.25) is 0 Å². The Hall–Kier alpha value is -1.32. The van der Waals surface area contributed by atoms with Crippen molar-refractivity contribution < 1.29 is 4.74 Å². The predicted molar refractivity (Wildman–Crippen MR) is 91.6 cm³/mol. The second-order valence-electron chi connectivity index (χ2n) is 5.43. The molecule has 0 spiro atoms. The highest BCUT2D eigenvalue weighted by atomic mass is 79.9. The first-order valence-corrected chi connectivity index (χ1v) is 8.09. The summed E-state index contributed by atoms with van der Waals surface area (Å²) in [5, 5.41) is 3.55. The highest BCUT2D eigenvalue weighted by Gasteiger charge is 2.11. The molecule has 0 aliphatic rings. The molecule has 0 bridgehead atoms. The van der Waals surface area contributed by atoms with Crippen molar-refractivity contribution in [2.45, 2.75) is 39.5 Å². The van der Waals surface area contributed by atoms with Crippen LogP contribution < -0.4 is 10.1 Å². The van der Waals surface area contributed by atoms with E-state index in [9.17, 15) is 0 Å². The highest BCUT2D eigenvalue weighted by molar-refractivity contribution is 9.10. The summed E-state index contributed by atoms with van der Waals surface area (Å²) < 4.78 is 6.99. The molecule has 0 amide bonds. The molecule has 0 saturated heterocycles. The smallest absolute Gasteiger partial charge is 0.124 e. The maximum atomic E-state index is 5.89. The Morgan fingerprint density at radius 3 is 2.33 bits per heavy atom. The van der Waals surface area contributed by atoms with E-state index in [2.05, 4.69) is 78.4 Å². The van der Waals surface area contributed by atoms with Crippen molar-refractivity contribution >= 4 is 15.9 Å². The van der Waals surface area contributed by atoms with E-state index >= 15 is 0 Å². The zero-order valence-electron chi connectivity index (χ0n) is 12.8. The summed E-state index contributed by atoms with van der Waals surface area (Å²) in [6.07, 6.45) is 0.185. The van der Waals surface area contributed by atoms with Gasteiger partial charge in [0, 0.05) is 22.6 Å². The normalized spacial score (nSPS) is 12.4. The Bertz CT molecular complexity index is 566. The van der Waals surface area contributed by atoms with Gasteiger partial charge in [0.05, 0.1) is 6.10 Å². The molecule has 2 nitrogen and oxygen atoms in total. The van der Waals surface area contributed by atoms with Gasteiger partial charge in [-0.2, -0.15) is 0 Å². The van der Waals surface area contributed by atoms with Crippen molar-refractivity contribution in [2.24, 2.45) is 0 Å². The molecule has 0 aromatic heterocycles. The van der Waals surface area contributed by atoms with Crippen LogP contribution in [0.4, 0.5) is 0 Å². The zero-order valence-corrected chi connectivity index (χ0v) is 14.4. The average Bonchev–Trinajstić information content (AvgIpc) is 2.46. The number of para-hydroxylation sites is 1. The molecule has 21 heavy (non-hydrogen) atoms. The fourth-order valence-electron chi connectivity index (χ4n) is 2.18. The van der Waals surface area contributed by atoms with E-state index in [1.165, 1.54) is 11.1 Å². The molecule has 0 fully saturated rings. The fourth-order valence-corrected chi connectivity index (χ4v) is 2.45. The third kappa shape index (κ3) is 4.87. The lowest BCUT2D eigenvalue weighted by Crippen LogP contribution is -2.19. The summed E-state index contributed by atoms with van der Waals surface area (Å²) >= 11 is 3.46. The van der Waals surface area contributed by atoms with Gasteiger partial charge in [-0.1, -0.05) is 46.3 Å². The first kappa shape index (κ1) is 16.1. The van der Waals surface area contributed by atoms with E-state index in [0.717, 1.165) is 16.8 Å². The molecule has 0 aliphatic carbocycles. The lowest BCUT2D eigenvalue weighted by molar-refractivity contribution is 0.238. The standard InChI is InChI=1S/C18H22BrNO/c1-13(2)21-18-7-5-4-6-17(18)14(3)20-12-15-8-10-16(19)11-9-15/h4-11,13-14,20H,12H2,1-3H3. The van der Waals surface area contributed by atoms with E-state index in [0.29, 0.717) is 0 Å². The molecule has 1 atom stereocenters. The lowest BCUT2D eigenvalue weighted by Gasteiger charge is -2.20. The molecule has 1 N–H and O–H groups in total. The first-order chi connectivity index (χ1) is 10.1. The topological polar surface area (TPSA) is 21.3 Å². The molecular weight excluding hydrogens is 326 g/mol. The SMILES string of the molecule is CC(C)Oc1ccccc1C(C)NCc1ccc(Br)cc1. The van der Waals surface area contributed by atoms with Gasteiger partial charge in [0.2, 0.25) is 0 Å². The van der Waals surface area contributed by atoms with Crippen molar-refractivity contribution in [1.29, 1.82) is 0 Å². The fraction of sp³-hybridized carbons (Fsp3) is 0.333. The number of benzene rings is 2. The predicted octanol–water partition coefficient (Wildman–Crippen LogP) is 5.09. The van der Waals surface area contributed by atoms with Crippen molar-refractivity contribution in [1.82, 2.24) is 5.32 Å². The maximum Gasteiger partial charge on any atom is 0.124 e. The molecule has 2 rings (SSSR count). The Kier molecular flexibility index (Phi) is 5.83. The van der Waals surface area contributed by atoms with Crippen molar-refractivity contribution in [2.75, 3.05) is 0 Å². The largest absolute Gasteiger partial charge is 0.491 e. The van der Waals surface area contributed by atoms with E-state index in [1.807, 2.05) is 12.1 Å². The van der Waals surface area contributed by atoms with Crippen LogP contribution in [0.2, 0.25) is 0 Å². The van der Waals surface area contributed by atoms with Gasteiger partial charge < -0.3 is 10.1 Å². The molecule has 0 radical (unpaired) electrons. The van der Waals surface area contributed by atoms with Crippen LogP contribution in [-0.2, 0) is 6.54 Å². The van der Waals surface area contributed by atoms with Crippen molar-refractivity contribution in [3.63, 3.8) is 0 Å². The van der Waals surface area contributed by atoms with Gasteiger partial charge in [0.25, 0.3) is 0 Å². The summed E-state index contributed by atoms with van der Waals surface area (Å²) in [5.41, 5.74) is 2.47. The van der Waals surface area contributed by atoms with E-state index in [4.69, 9.17) is 4.74 Å². The first-order valence-electron chi connectivity index (χ1n) is 7.29. The number of nitrogens with one attached hydrogen (secondary N) is 1. The number of ether oxygens (including phenoxy) is 1. The van der Waals surface area contributed by atoms with Gasteiger partial charge in [-0.25, -0.2) is 0 Å². The van der Waals surface area contributed by atoms with E-state index < -0.39 is 0 Å². The third-order valence-electron chi connectivity index (χ3n) is 3.27. The minimum absolute atomic E-state index is 0.185. The second kappa shape index (κ2) is 7.62. The Morgan fingerprint density at radius 2 is 1.67 bits per heavy atom. The monoisotopic (exact) mass is 347 g/mol. The summed E-state index contributed by atoms with van der Waals surface area (Å²) in [6, 6.07) is 16.9. The number of halogens is 1. The van der Waals surface area contributed by atoms with Gasteiger partial charge in [-0.15, -0.1) is 0 Å². The minimum Gasteiger partial charge on any atom is -0.491 e. The van der Waals surface area contributed by atoms with E-state index in [1.54, 1.807) is 0 Å². The molecule has 2 aromatic rings. The number of hydrogen-bond donors (Lipinski definition) is 1. The van der Waals surface area contributed by atoms with Gasteiger partial charge in [0.15, 0.2) is 0 Å². The molecule has 0 aliphatic heterocycles. The summed E-state index contributed by atoms with van der Waals surface area (Å²) in [6.45, 7) is 7.11. The lowest BCUT2D eigenvalue weighted by atomic mass is 10.1. The van der Waals surface area contributed by atoms with Crippen LogP contribution in [-0.4, -0.2) is 6.10 Å². The Morgan fingerprint density at radius 1 is 1.00 bits per heavy atom.